The SMILES string of the molecule is CC1(c2ccccc2)CN(CCC2CCC2)CCCN1. The molecular weight excluding hydrogens is 244 g/mol. The van der Waals surface area contributed by atoms with E-state index in [1.54, 1.807) is 0 Å². The lowest BCUT2D eigenvalue weighted by molar-refractivity contribution is 0.186. The molecule has 1 aromatic carbocycles. The van der Waals surface area contributed by atoms with Crippen LogP contribution in [0.2, 0.25) is 0 Å². The van der Waals surface area contributed by atoms with E-state index in [1.807, 2.05) is 0 Å². The van der Waals surface area contributed by atoms with Gasteiger partial charge in [-0.25, -0.2) is 0 Å². The van der Waals surface area contributed by atoms with E-state index in [4.69, 9.17) is 0 Å². The predicted molar refractivity (Wildman–Crippen MR) is 84.8 cm³/mol. The highest BCUT2D eigenvalue weighted by molar-refractivity contribution is 5.24. The molecule has 1 saturated heterocycles. The molecule has 0 aromatic heterocycles. The van der Waals surface area contributed by atoms with Gasteiger partial charge >= 0.3 is 0 Å². The van der Waals surface area contributed by atoms with Gasteiger partial charge < -0.3 is 10.2 Å². The molecule has 1 saturated carbocycles. The molecule has 1 aromatic rings. The second kappa shape index (κ2) is 6.28. The first kappa shape index (κ1) is 14.1. The lowest BCUT2D eigenvalue weighted by atomic mass is 9.83. The van der Waals surface area contributed by atoms with Gasteiger partial charge in [0.25, 0.3) is 0 Å². The van der Waals surface area contributed by atoms with Crippen LogP contribution in [0.5, 0.6) is 0 Å². The quantitative estimate of drug-likeness (QED) is 0.904. The Kier molecular flexibility index (Phi) is 4.42. The minimum atomic E-state index is 0.109. The summed E-state index contributed by atoms with van der Waals surface area (Å²) < 4.78 is 0. The van der Waals surface area contributed by atoms with Crippen molar-refractivity contribution in [1.29, 1.82) is 0 Å². The highest BCUT2D eigenvalue weighted by atomic mass is 15.2. The fourth-order valence-electron chi connectivity index (χ4n) is 3.59. The minimum absolute atomic E-state index is 0.109. The Hall–Kier alpha value is -0.860. The topological polar surface area (TPSA) is 15.3 Å². The van der Waals surface area contributed by atoms with Crippen molar-refractivity contribution in [3.63, 3.8) is 0 Å². The molecule has 1 atom stereocenters. The molecule has 1 unspecified atom stereocenters. The van der Waals surface area contributed by atoms with Gasteiger partial charge in [-0.1, -0.05) is 49.6 Å². The van der Waals surface area contributed by atoms with Crippen molar-refractivity contribution in [2.75, 3.05) is 26.2 Å². The molecule has 1 aliphatic carbocycles. The van der Waals surface area contributed by atoms with E-state index in [2.05, 4.69) is 47.5 Å². The molecule has 3 rings (SSSR count). The summed E-state index contributed by atoms with van der Waals surface area (Å²) in [6.07, 6.45) is 7.09. The Morgan fingerprint density at radius 1 is 1.20 bits per heavy atom. The number of hydrogen-bond donors (Lipinski definition) is 1. The van der Waals surface area contributed by atoms with Gasteiger partial charge in [0.05, 0.1) is 5.54 Å². The average Bonchev–Trinajstić information content (AvgIpc) is 2.61. The summed E-state index contributed by atoms with van der Waals surface area (Å²) in [6, 6.07) is 11.0. The van der Waals surface area contributed by atoms with Crippen molar-refractivity contribution in [3.05, 3.63) is 35.9 Å². The zero-order valence-corrected chi connectivity index (χ0v) is 12.8. The summed E-state index contributed by atoms with van der Waals surface area (Å²) in [6.45, 7) is 7.18. The Bertz CT molecular complexity index is 413. The van der Waals surface area contributed by atoms with Crippen molar-refractivity contribution < 1.29 is 0 Å². The maximum Gasteiger partial charge on any atom is 0.0534 e. The lowest BCUT2D eigenvalue weighted by Gasteiger charge is -2.35. The van der Waals surface area contributed by atoms with Crippen molar-refractivity contribution >= 4 is 0 Å². The Balaban J connectivity index is 1.64. The third-order valence-corrected chi connectivity index (χ3v) is 5.20. The highest BCUT2D eigenvalue weighted by Crippen LogP contribution is 2.30. The minimum Gasteiger partial charge on any atom is -0.307 e. The average molecular weight is 272 g/mol. The Morgan fingerprint density at radius 2 is 2.00 bits per heavy atom. The molecule has 1 N–H and O–H groups in total. The van der Waals surface area contributed by atoms with E-state index in [0.29, 0.717) is 0 Å². The molecular formula is C18H28N2. The third-order valence-electron chi connectivity index (χ3n) is 5.20. The van der Waals surface area contributed by atoms with E-state index in [-0.39, 0.29) is 5.54 Å². The van der Waals surface area contributed by atoms with Crippen LogP contribution in [-0.2, 0) is 5.54 Å². The fraction of sp³-hybridized carbons (Fsp3) is 0.667. The van der Waals surface area contributed by atoms with Crippen LogP contribution < -0.4 is 5.32 Å². The van der Waals surface area contributed by atoms with E-state index in [1.165, 1.54) is 50.8 Å². The van der Waals surface area contributed by atoms with Gasteiger partial charge in [0.1, 0.15) is 0 Å². The van der Waals surface area contributed by atoms with E-state index in [0.717, 1.165) is 19.0 Å². The van der Waals surface area contributed by atoms with E-state index in [9.17, 15) is 0 Å². The monoisotopic (exact) mass is 272 g/mol. The van der Waals surface area contributed by atoms with Gasteiger partial charge in [0.15, 0.2) is 0 Å². The summed E-state index contributed by atoms with van der Waals surface area (Å²) in [5.41, 5.74) is 1.53. The standard InChI is InChI=1S/C18H28N2/c1-18(17-9-3-2-4-10-17)15-20(13-6-12-19-18)14-11-16-7-5-8-16/h2-4,9-10,16,19H,5-8,11-15H2,1H3. The summed E-state index contributed by atoms with van der Waals surface area (Å²) in [4.78, 5) is 2.69. The summed E-state index contributed by atoms with van der Waals surface area (Å²) in [5.74, 6) is 1.02. The van der Waals surface area contributed by atoms with Crippen molar-refractivity contribution in [1.82, 2.24) is 10.2 Å². The molecule has 0 radical (unpaired) electrons. The van der Waals surface area contributed by atoms with Crippen LogP contribution in [0, 0.1) is 5.92 Å². The van der Waals surface area contributed by atoms with Gasteiger partial charge in [-0.15, -0.1) is 0 Å². The smallest absolute Gasteiger partial charge is 0.0534 e. The van der Waals surface area contributed by atoms with Crippen molar-refractivity contribution in [2.24, 2.45) is 5.92 Å². The van der Waals surface area contributed by atoms with Gasteiger partial charge in [0.2, 0.25) is 0 Å². The van der Waals surface area contributed by atoms with Crippen LogP contribution in [0.4, 0.5) is 0 Å². The molecule has 1 aliphatic heterocycles. The predicted octanol–water partition coefficient (Wildman–Crippen LogP) is 3.39. The lowest BCUT2D eigenvalue weighted by Crippen LogP contribution is -2.46. The molecule has 2 aliphatic rings. The molecule has 2 nitrogen and oxygen atoms in total. The molecule has 0 amide bonds. The molecule has 2 heteroatoms. The number of hydrogen-bond acceptors (Lipinski definition) is 2. The maximum atomic E-state index is 3.78. The van der Waals surface area contributed by atoms with Crippen LogP contribution in [0.15, 0.2) is 30.3 Å². The molecule has 2 fully saturated rings. The van der Waals surface area contributed by atoms with Gasteiger partial charge in [-0.3, -0.25) is 0 Å². The van der Waals surface area contributed by atoms with Gasteiger partial charge in [0, 0.05) is 6.54 Å². The third kappa shape index (κ3) is 3.24. The van der Waals surface area contributed by atoms with E-state index < -0.39 is 0 Å². The summed E-state index contributed by atoms with van der Waals surface area (Å²) in [7, 11) is 0. The molecule has 0 bridgehead atoms. The molecule has 20 heavy (non-hydrogen) atoms. The Labute approximate surface area is 123 Å². The molecule has 1 heterocycles. The van der Waals surface area contributed by atoms with Crippen LogP contribution in [0.3, 0.4) is 0 Å². The molecule has 0 spiro atoms. The van der Waals surface area contributed by atoms with Gasteiger partial charge in [-0.2, -0.15) is 0 Å². The number of benzene rings is 1. The molecule has 110 valence electrons. The van der Waals surface area contributed by atoms with Crippen LogP contribution in [0.25, 0.3) is 0 Å². The van der Waals surface area contributed by atoms with Crippen LogP contribution >= 0.6 is 0 Å². The largest absolute Gasteiger partial charge is 0.307 e. The van der Waals surface area contributed by atoms with E-state index >= 15 is 0 Å². The first-order chi connectivity index (χ1) is 9.76. The summed E-state index contributed by atoms with van der Waals surface area (Å²) in [5, 5.41) is 3.78. The Morgan fingerprint density at radius 3 is 2.70 bits per heavy atom. The maximum absolute atomic E-state index is 3.78. The normalized spacial score (nSPS) is 28.9. The second-order valence-corrected chi connectivity index (χ2v) is 6.84. The van der Waals surface area contributed by atoms with Crippen LogP contribution in [-0.4, -0.2) is 31.1 Å². The van der Waals surface area contributed by atoms with Crippen LogP contribution in [0.1, 0.15) is 44.6 Å². The summed E-state index contributed by atoms with van der Waals surface area (Å²) >= 11 is 0. The first-order valence-corrected chi connectivity index (χ1v) is 8.29. The zero-order chi connectivity index (χ0) is 13.8. The van der Waals surface area contributed by atoms with Crippen molar-refractivity contribution in [2.45, 2.75) is 44.6 Å². The number of rotatable bonds is 4. The number of nitrogens with one attached hydrogen (secondary N) is 1. The number of nitrogens with zero attached hydrogens (tertiary/aromatic N) is 1. The highest BCUT2D eigenvalue weighted by Gasteiger charge is 2.30. The first-order valence-electron chi connectivity index (χ1n) is 8.29. The van der Waals surface area contributed by atoms with Gasteiger partial charge in [-0.05, 0) is 50.9 Å². The fourth-order valence-corrected chi connectivity index (χ4v) is 3.59. The second-order valence-electron chi connectivity index (χ2n) is 6.84. The van der Waals surface area contributed by atoms with Crippen molar-refractivity contribution in [3.8, 4) is 0 Å². The zero-order valence-electron chi connectivity index (χ0n) is 12.8.